The van der Waals surface area contributed by atoms with Crippen molar-refractivity contribution in [2.24, 2.45) is 0 Å². The van der Waals surface area contributed by atoms with Gasteiger partial charge in [-0.2, -0.15) is 0 Å². The van der Waals surface area contributed by atoms with Crippen LogP contribution < -0.4 is 10.6 Å². The van der Waals surface area contributed by atoms with E-state index >= 15 is 0 Å². The molecule has 1 aromatic carbocycles. The van der Waals surface area contributed by atoms with Gasteiger partial charge in [0, 0.05) is 24.2 Å². The van der Waals surface area contributed by atoms with E-state index in [-0.39, 0.29) is 0 Å². The Kier molecular flexibility index (Phi) is 3.67. The van der Waals surface area contributed by atoms with Gasteiger partial charge in [0.2, 0.25) is 0 Å². The van der Waals surface area contributed by atoms with Gasteiger partial charge in [-0.3, -0.25) is 0 Å². The third-order valence-electron chi connectivity index (χ3n) is 2.79. The molecule has 0 amide bonds. The first-order valence-electron chi connectivity index (χ1n) is 5.60. The van der Waals surface area contributed by atoms with Crippen LogP contribution in [0.2, 0.25) is 5.02 Å². The lowest BCUT2D eigenvalue weighted by Gasteiger charge is -2.20. The van der Waals surface area contributed by atoms with E-state index in [2.05, 4.69) is 9.97 Å². The summed E-state index contributed by atoms with van der Waals surface area (Å²) < 4.78 is 0. The number of halogens is 1. The van der Waals surface area contributed by atoms with Crippen LogP contribution in [0, 0.1) is 6.92 Å². The molecule has 18 heavy (non-hydrogen) atoms. The Hall–Kier alpha value is -1.81. The summed E-state index contributed by atoms with van der Waals surface area (Å²) >= 11 is 5.86. The molecule has 0 spiro atoms. The van der Waals surface area contributed by atoms with E-state index in [1.54, 1.807) is 0 Å². The number of nitrogens with two attached hydrogens (primary N) is 1. The molecule has 0 bridgehead atoms. The second-order valence-corrected chi connectivity index (χ2v) is 4.63. The van der Waals surface area contributed by atoms with Crippen molar-refractivity contribution in [3.05, 3.63) is 46.7 Å². The standard InChI is InChI=1S/C13H15ClN4/c1-9-12(15)16-8-17-13(9)18(2)7-10-3-5-11(14)6-4-10/h3-6,8H,7H2,1-2H3,(H2,15,16,17). The summed E-state index contributed by atoms with van der Waals surface area (Å²) in [6.45, 7) is 2.66. The Morgan fingerprint density at radius 2 is 1.89 bits per heavy atom. The summed E-state index contributed by atoms with van der Waals surface area (Å²) in [5.41, 5.74) is 7.84. The van der Waals surface area contributed by atoms with Gasteiger partial charge in [0.1, 0.15) is 18.0 Å². The Morgan fingerprint density at radius 3 is 2.56 bits per heavy atom. The second kappa shape index (κ2) is 5.23. The second-order valence-electron chi connectivity index (χ2n) is 4.19. The molecule has 0 aliphatic carbocycles. The maximum Gasteiger partial charge on any atom is 0.137 e. The molecule has 2 aromatic rings. The Labute approximate surface area is 111 Å². The van der Waals surface area contributed by atoms with E-state index in [1.165, 1.54) is 11.9 Å². The molecule has 0 radical (unpaired) electrons. The number of nitrogens with zero attached hydrogens (tertiary/aromatic N) is 3. The van der Waals surface area contributed by atoms with Gasteiger partial charge < -0.3 is 10.6 Å². The topological polar surface area (TPSA) is 55.0 Å². The van der Waals surface area contributed by atoms with Gasteiger partial charge in [0.25, 0.3) is 0 Å². The Bertz CT molecular complexity index is 539. The molecular weight excluding hydrogens is 248 g/mol. The number of nitrogen functional groups attached to an aromatic ring is 1. The van der Waals surface area contributed by atoms with Gasteiger partial charge in [-0.15, -0.1) is 0 Å². The molecule has 2 rings (SSSR count). The molecule has 1 heterocycles. The van der Waals surface area contributed by atoms with E-state index in [0.717, 1.165) is 22.9 Å². The first-order valence-corrected chi connectivity index (χ1v) is 5.98. The highest BCUT2D eigenvalue weighted by molar-refractivity contribution is 6.30. The predicted octanol–water partition coefficient (Wildman–Crippen LogP) is 2.66. The maximum atomic E-state index is 5.86. The van der Waals surface area contributed by atoms with Crippen molar-refractivity contribution in [3.63, 3.8) is 0 Å². The van der Waals surface area contributed by atoms with E-state index in [0.29, 0.717) is 5.82 Å². The lowest BCUT2D eigenvalue weighted by atomic mass is 10.2. The first kappa shape index (κ1) is 12.6. The SMILES string of the molecule is Cc1c(N)ncnc1N(C)Cc1ccc(Cl)cc1. The van der Waals surface area contributed by atoms with Crippen molar-refractivity contribution >= 4 is 23.2 Å². The molecule has 0 unspecified atom stereocenters. The molecule has 0 saturated heterocycles. The lowest BCUT2D eigenvalue weighted by Crippen LogP contribution is -2.19. The van der Waals surface area contributed by atoms with Gasteiger partial charge in [-0.1, -0.05) is 23.7 Å². The Morgan fingerprint density at radius 1 is 1.22 bits per heavy atom. The molecule has 5 heteroatoms. The molecular formula is C13H15ClN4. The van der Waals surface area contributed by atoms with Gasteiger partial charge in [0.05, 0.1) is 0 Å². The fourth-order valence-electron chi connectivity index (χ4n) is 1.78. The molecule has 0 fully saturated rings. The summed E-state index contributed by atoms with van der Waals surface area (Å²) in [5, 5.41) is 0.740. The van der Waals surface area contributed by atoms with E-state index < -0.39 is 0 Å². The minimum Gasteiger partial charge on any atom is -0.383 e. The van der Waals surface area contributed by atoms with Crippen LogP contribution >= 0.6 is 11.6 Å². The normalized spacial score (nSPS) is 10.4. The monoisotopic (exact) mass is 262 g/mol. The summed E-state index contributed by atoms with van der Waals surface area (Å²) in [6.07, 6.45) is 1.48. The summed E-state index contributed by atoms with van der Waals surface area (Å²) in [4.78, 5) is 10.3. The van der Waals surface area contributed by atoms with Crippen LogP contribution in [0.4, 0.5) is 11.6 Å². The number of anilines is 2. The van der Waals surface area contributed by atoms with E-state index in [9.17, 15) is 0 Å². The van der Waals surface area contributed by atoms with Crippen LogP contribution in [-0.4, -0.2) is 17.0 Å². The maximum absolute atomic E-state index is 5.86. The highest BCUT2D eigenvalue weighted by Crippen LogP contribution is 2.20. The summed E-state index contributed by atoms with van der Waals surface area (Å²) in [6, 6.07) is 7.76. The molecule has 94 valence electrons. The van der Waals surface area contributed by atoms with Gasteiger partial charge in [0.15, 0.2) is 0 Å². The molecule has 0 atom stereocenters. The van der Waals surface area contributed by atoms with Crippen molar-refractivity contribution in [1.82, 2.24) is 9.97 Å². The molecule has 2 N–H and O–H groups in total. The Balaban J connectivity index is 2.19. The van der Waals surface area contributed by atoms with Gasteiger partial charge >= 0.3 is 0 Å². The minimum atomic E-state index is 0.517. The van der Waals surface area contributed by atoms with Crippen molar-refractivity contribution in [1.29, 1.82) is 0 Å². The first-order chi connectivity index (χ1) is 8.58. The van der Waals surface area contributed by atoms with Crippen LogP contribution in [0.15, 0.2) is 30.6 Å². The fourth-order valence-corrected chi connectivity index (χ4v) is 1.90. The third kappa shape index (κ3) is 2.71. The highest BCUT2D eigenvalue weighted by Gasteiger charge is 2.09. The minimum absolute atomic E-state index is 0.517. The highest BCUT2D eigenvalue weighted by atomic mass is 35.5. The molecule has 0 saturated carbocycles. The quantitative estimate of drug-likeness (QED) is 0.924. The zero-order valence-corrected chi connectivity index (χ0v) is 11.1. The predicted molar refractivity (Wildman–Crippen MR) is 74.7 cm³/mol. The van der Waals surface area contributed by atoms with Crippen LogP contribution in [0.25, 0.3) is 0 Å². The van der Waals surface area contributed by atoms with E-state index in [4.69, 9.17) is 17.3 Å². The van der Waals surface area contributed by atoms with Crippen LogP contribution in [0.5, 0.6) is 0 Å². The smallest absolute Gasteiger partial charge is 0.137 e. The number of hydrogen-bond donors (Lipinski definition) is 1. The zero-order valence-electron chi connectivity index (χ0n) is 10.4. The lowest BCUT2D eigenvalue weighted by molar-refractivity contribution is 0.884. The largest absolute Gasteiger partial charge is 0.383 e. The molecule has 4 nitrogen and oxygen atoms in total. The van der Waals surface area contributed by atoms with E-state index in [1.807, 2.05) is 43.1 Å². The van der Waals surface area contributed by atoms with Crippen molar-refractivity contribution in [3.8, 4) is 0 Å². The number of rotatable bonds is 3. The molecule has 0 aliphatic rings. The third-order valence-corrected chi connectivity index (χ3v) is 3.04. The fraction of sp³-hybridized carbons (Fsp3) is 0.231. The number of benzene rings is 1. The van der Waals surface area contributed by atoms with Crippen LogP contribution in [-0.2, 0) is 6.54 Å². The zero-order chi connectivity index (χ0) is 13.1. The summed E-state index contributed by atoms with van der Waals surface area (Å²) in [7, 11) is 1.98. The van der Waals surface area contributed by atoms with Crippen LogP contribution in [0.3, 0.4) is 0 Å². The van der Waals surface area contributed by atoms with Crippen LogP contribution in [0.1, 0.15) is 11.1 Å². The number of hydrogen-bond acceptors (Lipinski definition) is 4. The number of aromatic nitrogens is 2. The van der Waals surface area contributed by atoms with Gasteiger partial charge in [-0.05, 0) is 24.6 Å². The van der Waals surface area contributed by atoms with Crippen molar-refractivity contribution in [2.75, 3.05) is 17.7 Å². The van der Waals surface area contributed by atoms with Gasteiger partial charge in [-0.25, -0.2) is 9.97 Å². The van der Waals surface area contributed by atoms with Crippen molar-refractivity contribution in [2.45, 2.75) is 13.5 Å². The molecule has 1 aromatic heterocycles. The van der Waals surface area contributed by atoms with Crippen molar-refractivity contribution < 1.29 is 0 Å². The summed E-state index contributed by atoms with van der Waals surface area (Å²) in [5.74, 6) is 1.36. The average molecular weight is 263 g/mol. The average Bonchev–Trinajstić information content (AvgIpc) is 2.35. The molecule has 0 aliphatic heterocycles.